The van der Waals surface area contributed by atoms with E-state index in [4.69, 9.17) is 18.9 Å². The molecule has 4 aliphatic rings. The van der Waals surface area contributed by atoms with Crippen molar-refractivity contribution in [1.29, 1.82) is 0 Å². The van der Waals surface area contributed by atoms with E-state index in [0.717, 1.165) is 25.7 Å². The molecule has 0 spiro atoms. The predicted octanol–water partition coefficient (Wildman–Crippen LogP) is 5.83. The van der Waals surface area contributed by atoms with Gasteiger partial charge in [-0.25, -0.2) is 4.79 Å². The van der Waals surface area contributed by atoms with E-state index in [1.165, 1.54) is 12.0 Å². The van der Waals surface area contributed by atoms with E-state index in [0.29, 0.717) is 56.9 Å². The minimum atomic E-state index is -2.45. The predicted molar refractivity (Wildman–Crippen MR) is 240 cm³/mol. The number of amides is 1. The Morgan fingerprint density at radius 2 is 1.58 bits per heavy atom. The quantitative estimate of drug-likeness (QED) is 0.146. The van der Waals surface area contributed by atoms with Gasteiger partial charge in [-0.2, -0.15) is 0 Å². The third kappa shape index (κ3) is 14.1. The average molecular weight is 904 g/mol. The standard InChI is InChI=1S/C50H81NO13/c1-29-15-11-10-12-16-30(2)40(53)27-37-20-18-35(7)50(60,64-37)47(57)48(58)51-22-14-13-17-38(51)49(59)63-42(32(4)25-36-19-21-39(52)43(26-36)61-8)28-41(54)31(3)24-34(6)45(56)46(62-9)44(55)33(5)23-29/h11,15,24,29-33,35-40,42-43,45-46,52-53,56,60H,10,12-14,16-23,25-28H2,1-9H3/b15-11+,34-24+/t29-,30?,31-,32-,33-,35-,36-,37+,38+,39-,40+,42+,43-,45-,46+,50-/m1/s1. The first-order chi connectivity index (χ1) is 30.2. The molecule has 2 bridgehead atoms. The molecule has 4 N–H and O–H groups in total. The van der Waals surface area contributed by atoms with Crippen LogP contribution >= 0.6 is 0 Å². The third-order valence-corrected chi connectivity index (χ3v) is 14.8. The summed E-state index contributed by atoms with van der Waals surface area (Å²) in [5.41, 5.74) is 0.391. The number of carbonyl (C=O) groups excluding carboxylic acids is 5. The fourth-order valence-electron chi connectivity index (χ4n) is 10.4. The third-order valence-electron chi connectivity index (χ3n) is 14.8. The molecule has 1 unspecified atom stereocenters. The van der Waals surface area contributed by atoms with E-state index >= 15 is 0 Å². The molecule has 2 saturated heterocycles. The zero-order valence-corrected chi connectivity index (χ0v) is 40.1. The van der Waals surface area contributed by atoms with Crippen LogP contribution in [0.1, 0.15) is 145 Å². The van der Waals surface area contributed by atoms with Crippen molar-refractivity contribution in [2.24, 2.45) is 41.4 Å². The summed E-state index contributed by atoms with van der Waals surface area (Å²) in [6, 6.07) is -1.15. The van der Waals surface area contributed by atoms with Gasteiger partial charge in [-0.05, 0) is 126 Å². The summed E-state index contributed by atoms with van der Waals surface area (Å²) in [5.74, 6) is -8.06. The SMILES string of the molecule is CO[C@@H]1C[C@@H](C[C@@H](C)[C@@H]2CC(=O)[C@H](C)/C=C(\C)[C@@H](O)[C@@H](OC)C(=O)[C@H](C)C[C@H](C)/C=C/CCCC(C)[C@@H](O)C[C@@H]3CC[C@@H](C)[C@@](O)(O3)C(=O)C(=O)N3CCCC[C@H]3C(=O)O2)CC[C@H]1O. The highest BCUT2D eigenvalue weighted by molar-refractivity contribution is 6.39. The van der Waals surface area contributed by atoms with Gasteiger partial charge in [0.05, 0.1) is 24.4 Å². The lowest BCUT2D eigenvalue weighted by atomic mass is 9.78. The number of cyclic esters (lactones) is 1. The Morgan fingerprint density at radius 1 is 0.859 bits per heavy atom. The molecular weight excluding hydrogens is 823 g/mol. The number of fused-ring (bicyclic) bond motifs is 3. The van der Waals surface area contributed by atoms with Crippen LogP contribution in [0, 0.1) is 41.4 Å². The van der Waals surface area contributed by atoms with E-state index in [9.17, 15) is 44.4 Å². The second-order valence-electron chi connectivity index (χ2n) is 20.1. The monoisotopic (exact) mass is 904 g/mol. The van der Waals surface area contributed by atoms with Crippen LogP contribution in [-0.4, -0.2) is 130 Å². The summed E-state index contributed by atoms with van der Waals surface area (Å²) < 4.78 is 23.4. The molecule has 1 saturated carbocycles. The van der Waals surface area contributed by atoms with Crippen molar-refractivity contribution >= 4 is 29.2 Å². The number of methoxy groups -OCH3 is 2. The number of hydrogen-bond donors (Lipinski definition) is 4. The van der Waals surface area contributed by atoms with Crippen LogP contribution in [0.4, 0.5) is 0 Å². The Hall–Kier alpha value is -2.85. The molecule has 3 heterocycles. The molecule has 0 aromatic carbocycles. The second-order valence-corrected chi connectivity index (χ2v) is 20.1. The number of esters is 1. The van der Waals surface area contributed by atoms with Gasteiger partial charge in [0.25, 0.3) is 11.7 Å². The number of carbonyl (C=O) groups is 5. The van der Waals surface area contributed by atoms with Gasteiger partial charge in [-0.1, -0.05) is 59.8 Å². The van der Waals surface area contributed by atoms with Gasteiger partial charge in [0.2, 0.25) is 5.79 Å². The molecule has 64 heavy (non-hydrogen) atoms. The summed E-state index contributed by atoms with van der Waals surface area (Å²) in [6.45, 7) is 12.8. The van der Waals surface area contributed by atoms with E-state index in [-0.39, 0.29) is 67.1 Å². The number of allylic oxidation sites excluding steroid dienone is 3. The lowest BCUT2D eigenvalue weighted by molar-refractivity contribution is -0.266. The number of ketones is 3. The number of aliphatic hydroxyl groups is 4. The van der Waals surface area contributed by atoms with Crippen molar-refractivity contribution < 1.29 is 63.3 Å². The van der Waals surface area contributed by atoms with Crippen LogP contribution < -0.4 is 0 Å². The molecule has 14 nitrogen and oxygen atoms in total. The van der Waals surface area contributed by atoms with E-state index < -0.39 is 83.9 Å². The highest BCUT2D eigenvalue weighted by atomic mass is 16.6. The Bertz CT molecular complexity index is 1630. The molecule has 1 amide bonds. The van der Waals surface area contributed by atoms with Gasteiger partial charge in [0.1, 0.15) is 30.1 Å². The van der Waals surface area contributed by atoms with E-state index in [1.54, 1.807) is 34.0 Å². The number of rotatable bonds is 5. The maximum absolute atomic E-state index is 14.3. The molecule has 0 aromatic rings. The maximum Gasteiger partial charge on any atom is 0.329 e. The fourth-order valence-corrected chi connectivity index (χ4v) is 10.4. The first-order valence-electron chi connectivity index (χ1n) is 24.2. The summed E-state index contributed by atoms with van der Waals surface area (Å²) in [7, 11) is 2.95. The van der Waals surface area contributed by atoms with Gasteiger partial charge in [-0.15, -0.1) is 0 Å². The Labute approximate surface area is 381 Å². The normalized spacial score (nSPS) is 41.0. The Morgan fingerprint density at radius 3 is 2.27 bits per heavy atom. The molecule has 4 rings (SSSR count). The minimum Gasteiger partial charge on any atom is -0.460 e. The van der Waals surface area contributed by atoms with E-state index in [1.807, 2.05) is 27.7 Å². The van der Waals surface area contributed by atoms with Crippen molar-refractivity contribution in [3.05, 3.63) is 23.8 Å². The van der Waals surface area contributed by atoms with Crippen LogP contribution in [0.15, 0.2) is 23.8 Å². The van der Waals surface area contributed by atoms with Crippen LogP contribution in [-0.2, 0) is 42.9 Å². The molecule has 0 radical (unpaired) electrons. The number of piperidine rings is 1. The number of hydrogen-bond acceptors (Lipinski definition) is 13. The minimum absolute atomic E-state index is 0.0671. The molecular formula is C50H81NO13. The largest absolute Gasteiger partial charge is 0.460 e. The second kappa shape index (κ2) is 24.8. The van der Waals surface area contributed by atoms with Crippen molar-refractivity contribution in [1.82, 2.24) is 4.90 Å². The lowest BCUT2D eigenvalue weighted by Crippen LogP contribution is -2.61. The summed E-state index contributed by atoms with van der Waals surface area (Å²) >= 11 is 0. The number of aliphatic hydroxyl groups excluding tert-OH is 3. The number of ether oxygens (including phenoxy) is 4. The molecule has 3 aliphatic heterocycles. The van der Waals surface area contributed by atoms with Gasteiger partial charge in [0, 0.05) is 44.9 Å². The molecule has 16 atom stereocenters. The number of nitrogens with zero attached hydrogens (tertiary/aromatic N) is 1. The topological polar surface area (TPSA) is 206 Å². The van der Waals surface area contributed by atoms with Crippen molar-refractivity contribution in [2.75, 3.05) is 20.8 Å². The van der Waals surface area contributed by atoms with Gasteiger partial charge in [0.15, 0.2) is 5.78 Å². The van der Waals surface area contributed by atoms with Crippen molar-refractivity contribution in [3.63, 3.8) is 0 Å². The molecule has 364 valence electrons. The smallest absolute Gasteiger partial charge is 0.329 e. The van der Waals surface area contributed by atoms with Crippen LogP contribution in [0.2, 0.25) is 0 Å². The lowest BCUT2D eigenvalue weighted by Gasteiger charge is -2.42. The summed E-state index contributed by atoms with van der Waals surface area (Å²) in [4.78, 5) is 71.5. The molecule has 1 aliphatic carbocycles. The van der Waals surface area contributed by atoms with Gasteiger partial charge < -0.3 is 44.3 Å². The highest BCUT2D eigenvalue weighted by Gasteiger charge is 2.53. The first kappa shape index (κ1) is 53.8. The van der Waals surface area contributed by atoms with Crippen LogP contribution in [0.25, 0.3) is 0 Å². The van der Waals surface area contributed by atoms with Crippen molar-refractivity contribution in [2.45, 2.75) is 199 Å². The fraction of sp³-hybridized carbons (Fsp3) is 0.820. The van der Waals surface area contributed by atoms with Gasteiger partial charge in [-0.3, -0.25) is 19.2 Å². The maximum atomic E-state index is 14.3. The molecule has 3 fully saturated rings. The first-order valence-corrected chi connectivity index (χ1v) is 24.2. The molecule has 0 aromatic heterocycles. The Kier molecular flexibility index (Phi) is 20.8. The van der Waals surface area contributed by atoms with E-state index in [2.05, 4.69) is 12.2 Å². The van der Waals surface area contributed by atoms with Crippen LogP contribution in [0.3, 0.4) is 0 Å². The summed E-state index contributed by atoms with van der Waals surface area (Å²) in [6.07, 6.45) is 7.45. The zero-order chi connectivity index (χ0) is 47.5. The average Bonchev–Trinajstić information content (AvgIpc) is 3.26. The van der Waals surface area contributed by atoms with Gasteiger partial charge >= 0.3 is 5.97 Å². The van der Waals surface area contributed by atoms with Crippen LogP contribution in [0.5, 0.6) is 0 Å². The number of Topliss-reactive ketones (excluding diaryl/α,β-unsaturated/α-hetero) is 3. The zero-order valence-electron chi connectivity index (χ0n) is 40.1. The summed E-state index contributed by atoms with van der Waals surface area (Å²) in [5, 5.41) is 44.9. The van der Waals surface area contributed by atoms with Crippen molar-refractivity contribution in [3.8, 4) is 0 Å². The Balaban J connectivity index is 1.66. The highest BCUT2D eigenvalue weighted by Crippen LogP contribution is 2.38. The molecule has 14 heteroatoms.